The number of hydrogen-bond acceptors (Lipinski definition) is 3. The van der Waals surface area contributed by atoms with E-state index in [4.69, 9.17) is 4.42 Å². The highest BCUT2D eigenvalue weighted by Crippen LogP contribution is 2.43. The average molecular weight is 417 g/mol. The summed E-state index contributed by atoms with van der Waals surface area (Å²) >= 11 is 0. The number of nitrogens with one attached hydrogen (secondary N) is 1. The number of carbonyl (C=O) groups excluding carboxylic acids is 1. The van der Waals surface area contributed by atoms with E-state index in [1.807, 2.05) is 30.3 Å². The van der Waals surface area contributed by atoms with Crippen LogP contribution in [0.15, 0.2) is 52.9 Å². The topological polar surface area (TPSA) is 45.5 Å². The first-order valence-corrected chi connectivity index (χ1v) is 11.9. The fourth-order valence-corrected chi connectivity index (χ4v) is 5.55. The van der Waals surface area contributed by atoms with Gasteiger partial charge in [0.25, 0.3) is 5.91 Å². The van der Waals surface area contributed by atoms with Crippen molar-refractivity contribution in [2.75, 3.05) is 18.4 Å². The lowest BCUT2D eigenvalue weighted by Crippen LogP contribution is -2.37. The molecule has 0 bridgehead atoms. The predicted octanol–water partition coefficient (Wildman–Crippen LogP) is 6.37. The first-order chi connectivity index (χ1) is 15.2. The number of anilines is 1. The normalized spacial score (nSPS) is 21.3. The van der Waals surface area contributed by atoms with Crippen LogP contribution in [0.3, 0.4) is 0 Å². The van der Waals surface area contributed by atoms with Crippen molar-refractivity contribution in [3.63, 3.8) is 0 Å². The maximum Gasteiger partial charge on any atom is 0.258 e. The summed E-state index contributed by atoms with van der Waals surface area (Å²) in [6.45, 7) is 4.56. The zero-order valence-electron chi connectivity index (χ0n) is 18.4. The van der Waals surface area contributed by atoms with E-state index in [-0.39, 0.29) is 5.91 Å². The van der Waals surface area contributed by atoms with Gasteiger partial charge in [-0.2, -0.15) is 0 Å². The first kappa shape index (κ1) is 20.3. The first-order valence-electron chi connectivity index (χ1n) is 11.9. The summed E-state index contributed by atoms with van der Waals surface area (Å²) in [4.78, 5) is 16.0. The van der Waals surface area contributed by atoms with E-state index in [9.17, 15) is 4.79 Å². The lowest BCUT2D eigenvalue weighted by atomic mass is 9.84. The molecule has 1 amide bonds. The molecule has 0 aliphatic carbocycles. The van der Waals surface area contributed by atoms with Gasteiger partial charge in [0.2, 0.25) is 5.88 Å². The Labute approximate surface area is 184 Å². The second kappa shape index (κ2) is 8.88. The van der Waals surface area contributed by atoms with Gasteiger partial charge in [-0.1, -0.05) is 49.7 Å². The summed E-state index contributed by atoms with van der Waals surface area (Å²) in [5.74, 6) is 1.01. The number of para-hydroxylation sites is 1. The summed E-state index contributed by atoms with van der Waals surface area (Å²) in [7, 11) is 0. The SMILES string of the molecule is CCCCc1ccccc1C(=O)Nc1oc2ccccc2c1C1CCN2CCCC2C1. The molecule has 0 radical (unpaired) electrons. The largest absolute Gasteiger partial charge is 0.440 e. The molecular formula is C27H32N2O2. The Bertz CT molecular complexity index is 1070. The number of benzene rings is 2. The molecule has 2 aromatic carbocycles. The Morgan fingerprint density at radius 2 is 1.94 bits per heavy atom. The molecule has 4 heteroatoms. The van der Waals surface area contributed by atoms with E-state index in [1.54, 1.807) is 0 Å². The summed E-state index contributed by atoms with van der Waals surface area (Å²) in [5, 5.41) is 4.32. The molecule has 2 fully saturated rings. The number of fused-ring (bicyclic) bond motifs is 2. The summed E-state index contributed by atoms with van der Waals surface area (Å²) in [5.41, 5.74) is 3.93. The van der Waals surface area contributed by atoms with Crippen LogP contribution in [-0.4, -0.2) is 29.9 Å². The van der Waals surface area contributed by atoms with Crippen LogP contribution in [0.25, 0.3) is 11.0 Å². The van der Waals surface area contributed by atoms with Crippen LogP contribution in [0.2, 0.25) is 0 Å². The number of hydrogen-bond donors (Lipinski definition) is 1. The van der Waals surface area contributed by atoms with E-state index in [0.29, 0.717) is 17.8 Å². The fourth-order valence-electron chi connectivity index (χ4n) is 5.55. The second-order valence-electron chi connectivity index (χ2n) is 9.11. The number of nitrogens with zero attached hydrogens (tertiary/aromatic N) is 1. The van der Waals surface area contributed by atoms with Crippen LogP contribution in [0, 0.1) is 0 Å². The molecule has 4 nitrogen and oxygen atoms in total. The van der Waals surface area contributed by atoms with Gasteiger partial charge in [0.1, 0.15) is 5.58 Å². The van der Waals surface area contributed by atoms with Crippen molar-refractivity contribution in [1.29, 1.82) is 0 Å². The van der Waals surface area contributed by atoms with E-state index < -0.39 is 0 Å². The smallest absolute Gasteiger partial charge is 0.258 e. The van der Waals surface area contributed by atoms with Gasteiger partial charge in [-0.05, 0) is 75.2 Å². The maximum atomic E-state index is 13.3. The van der Waals surface area contributed by atoms with Crippen LogP contribution in [0.4, 0.5) is 5.88 Å². The standard InChI is InChI=1S/C27H32N2O2/c1-2-3-9-19-10-4-5-12-22(19)26(30)28-27-25(23-13-6-7-14-24(23)31-27)20-15-17-29-16-8-11-21(29)18-20/h4-7,10,12-14,20-21H,2-3,8-9,11,15-18H2,1H3,(H,28,30). The van der Waals surface area contributed by atoms with Crippen LogP contribution in [0.5, 0.6) is 0 Å². The van der Waals surface area contributed by atoms with E-state index in [2.05, 4.69) is 35.3 Å². The molecule has 2 saturated heterocycles. The van der Waals surface area contributed by atoms with Crippen molar-refractivity contribution in [1.82, 2.24) is 4.90 Å². The Morgan fingerprint density at radius 1 is 1.10 bits per heavy atom. The van der Waals surface area contributed by atoms with Crippen LogP contribution < -0.4 is 5.32 Å². The summed E-state index contributed by atoms with van der Waals surface area (Å²) < 4.78 is 6.23. The summed E-state index contributed by atoms with van der Waals surface area (Å²) in [6.07, 6.45) is 7.99. The number of unbranched alkanes of at least 4 members (excludes halogenated alkanes) is 1. The van der Waals surface area contributed by atoms with Gasteiger partial charge >= 0.3 is 0 Å². The van der Waals surface area contributed by atoms with E-state index in [1.165, 1.54) is 24.9 Å². The lowest BCUT2D eigenvalue weighted by molar-refractivity contribution is 0.102. The molecule has 2 aliphatic heterocycles. The Morgan fingerprint density at radius 3 is 2.84 bits per heavy atom. The second-order valence-corrected chi connectivity index (χ2v) is 9.11. The van der Waals surface area contributed by atoms with Crippen molar-refractivity contribution in [3.8, 4) is 0 Å². The number of rotatable bonds is 6. The molecule has 5 rings (SSSR count). The third kappa shape index (κ3) is 4.01. The number of carbonyl (C=O) groups is 1. The molecule has 2 unspecified atom stereocenters. The minimum atomic E-state index is -0.0645. The average Bonchev–Trinajstić information content (AvgIpc) is 3.41. The minimum Gasteiger partial charge on any atom is -0.440 e. The number of aryl methyl sites for hydroxylation is 1. The van der Waals surface area contributed by atoms with E-state index in [0.717, 1.165) is 60.7 Å². The molecule has 0 spiro atoms. The van der Waals surface area contributed by atoms with Gasteiger partial charge in [-0.15, -0.1) is 0 Å². The maximum absolute atomic E-state index is 13.3. The highest BCUT2D eigenvalue weighted by molar-refractivity contribution is 6.06. The number of amides is 1. The molecule has 3 heterocycles. The number of piperidine rings is 1. The molecule has 1 aromatic heterocycles. The molecule has 2 aliphatic rings. The van der Waals surface area contributed by atoms with E-state index >= 15 is 0 Å². The van der Waals surface area contributed by atoms with Gasteiger partial charge < -0.3 is 9.32 Å². The predicted molar refractivity (Wildman–Crippen MR) is 126 cm³/mol. The van der Waals surface area contributed by atoms with Crippen molar-refractivity contribution in [2.24, 2.45) is 0 Å². The van der Waals surface area contributed by atoms with Crippen molar-refractivity contribution in [3.05, 3.63) is 65.2 Å². The molecular weight excluding hydrogens is 384 g/mol. The van der Waals surface area contributed by atoms with Crippen LogP contribution in [0.1, 0.15) is 72.9 Å². The van der Waals surface area contributed by atoms with Crippen LogP contribution >= 0.6 is 0 Å². The Hall–Kier alpha value is -2.59. The van der Waals surface area contributed by atoms with Gasteiger partial charge in [-0.3, -0.25) is 10.1 Å². The zero-order chi connectivity index (χ0) is 21.2. The highest BCUT2D eigenvalue weighted by Gasteiger charge is 2.35. The third-order valence-corrected chi connectivity index (χ3v) is 7.15. The molecule has 3 aromatic rings. The highest BCUT2D eigenvalue weighted by atomic mass is 16.4. The minimum absolute atomic E-state index is 0.0645. The van der Waals surface area contributed by atoms with Crippen molar-refractivity contribution < 1.29 is 9.21 Å². The zero-order valence-corrected chi connectivity index (χ0v) is 18.4. The third-order valence-electron chi connectivity index (χ3n) is 7.15. The van der Waals surface area contributed by atoms with Gasteiger partial charge in [0.15, 0.2) is 0 Å². The molecule has 31 heavy (non-hydrogen) atoms. The lowest BCUT2D eigenvalue weighted by Gasteiger charge is -2.35. The fraction of sp³-hybridized carbons (Fsp3) is 0.444. The van der Waals surface area contributed by atoms with Crippen molar-refractivity contribution in [2.45, 2.75) is 63.8 Å². The van der Waals surface area contributed by atoms with Gasteiger partial charge in [0, 0.05) is 22.6 Å². The molecule has 2 atom stereocenters. The van der Waals surface area contributed by atoms with Crippen LogP contribution in [-0.2, 0) is 6.42 Å². The molecule has 0 saturated carbocycles. The quantitative estimate of drug-likeness (QED) is 0.508. The van der Waals surface area contributed by atoms with Crippen molar-refractivity contribution >= 4 is 22.8 Å². The molecule has 1 N–H and O–H groups in total. The molecule has 162 valence electrons. The monoisotopic (exact) mass is 416 g/mol. The summed E-state index contributed by atoms with van der Waals surface area (Å²) in [6, 6.07) is 16.8. The Balaban J connectivity index is 1.46. The van der Waals surface area contributed by atoms with Gasteiger partial charge in [0.05, 0.1) is 0 Å². The number of furan rings is 1. The van der Waals surface area contributed by atoms with Gasteiger partial charge in [-0.25, -0.2) is 0 Å². The Kier molecular flexibility index (Phi) is 5.82.